The Morgan fingerprint density at radius 2 is 2.29 bits per heavy atom. The first-order valence-corrected chi connectivity index (χ1v) is 8.01. The van der Waals surface area contributed by atoms with E-state index in [-0.39, 0.29) is 0 Å². The molecule has 3 rings (SSSR count). The third-order valence-electron chi connectivity index (χ3n) is 4.47. The Kier molecular flexibility index (Phi) is 4.56. The fourth-order valence-electron chi connectivity index (χ4n) is 3.18. The van der Waals surface area contributed by atoms with Crippen LogP contribution in [-0.2, 0) is 18.2 Å². The average molecular weight is 287 g/mol. The first-order valence-electron chi connectivity index (χ1n) is 8.01. The van der Waals surface area contributed by atoms with Gasteiger partial charge in [0.05, 0.1) is 17.6 Å². The van der Waals surface area contributed by atoms with Crippen LogP contribution in [0.15, 0.2) is 24.3 Å². The summed E-state index contributed by atoms with van der Waals surface area (Å²) in [6.45, 7) is 5.05. The number of fused-ring (bicyclic) bond motifs is 1. The summed E-state index contributed by atoms with van der Waals surface area (Å²) in [5, 5.41) is 3.70. The summed E-state index contributed by atoms with van der Waals surface area (Å²) in [5.74, 6) is 1.77. The molecule has 0 spiro atoms. The topological polar surface area (TPSA) is 39.1 Å². The van der Waals surface area contributed by atoms with E-state index in [1.807, 2.05) is 0 Å². The number of nitrogens with zero attached hydrogens (tertiary/aromatic N) is 2. The van der Waals surface area contributed by atoms with Crippen LogP contribution in [0.3, 0.4) is 0 Å². The number of hydrogen-bond donors (Lipinski definition) is 1. The van der Waals surface area contributed by atoms with Crippen molar-refractivity contribution in [3.63, 3.8) is 0 Å². The zero-order valence-electron chi connectivity index (χ0n) is 13.0. The molecule has 1 aliphatic heterocycles. The van der Waals surface area contributed by atoms with Crippen LogP contribution in [0.25, 0.3) is 11.0 Å². The average Bonchev–Trinajstić information content (AvgIpc) is 3.13. The maximum Gasteiger partial charge on any atom is 0.111 e. The maximum atomic E-state index is 5.58. The number of ether oxygens (including phenoxy) is 1. The van der Waals surface area contributed by atoms with Crippen LogP contribution >= 0.6 is 0 Å². The van der Waals surface area contributed by atoms with E-state index in [2.05, 4.69) is 48.1 Å². The Bertz CT molecular complexity index is 587. The summed E-state index contributed by atoms with van der Waals surface area (Å²) in [5.41, 5.74) is 2.30. The number of hydrogen-bond acceptors (Lipinski definition) is 3. The monoisotopic (exact) mass is 287 g/mol. The molecule has 0 aliphatic carbocycles. The molecule has 2 atom stereocenters. The lowest BCUT2D eigenvalue weighted by Crippen LogP contribution is -2.39. The number of nitrogens with one attached hydrogen (secondary N) is 1. The van der Waals surface area contributed by atoms with E-state index in [9.17, 15) is 0 Å². The zero-order valence-corrected chi connectivity index (χ0v) is 13.0. The van der Waals surface area contributed by atoms with E-state index in [0.29, 0.717) is 12.0 Å². The predicted molar refractivity (Wildman–Crippen MR) is 85.4 cm³/mol. The molecule has 21 heavy (non-hydrogen) atoms. The molecule has 114 valence electrons. The van der Waals surface area contributed by atoms with Gasteiger partial charge in [0.25, 0.3) is 0 Å². The molecule has 1 aliphatic rings. The Morgan fingerprint density at radius 1 is 1.43 bits per heavy atom. The van der Waals surface area contributed by atoms with E-state index < -0.39 is 0 Å². The normalized spacial score (nSPS) is 20.2. The van der Waals surface area contributed by atoms with Gasteiger partial charge in [0.15, 0.2) is 0 Å². The minimum absolute atomic E-state index is 0.461. The molecule has 0 amide bonds. The highest BCUT2D eigenvalue weighted by Crippen LogP contribution is 2.22. The van der Waals surface area contributed by atoms with Gasteiger partial charge in [-0.2, -0.15) is 0 Å². The molecule has 2 unspecified atom stereocenters. The van der Waals surface area contributed by atoms with Gasteiger partial charge in [-0.05, 0) is 31.5 Å². The highest BCUT2D eigenvalue weighted by atomic mass is 16.5. The molecule has 0 bridgehead atoms. The van der Waals surface area contributed by atoms with Crippen molar-refractivity contribution in [3.8, 4) is 0 Å². The largest absolute Gasteiger partial charge is 0.381 e. The van der Waals surface area contributed by atoms with Crippen LogP contribution in [-0.4, -0.2) is 35.4 Å². The first kappa shape index (κ1) is 14.5. The van der Waals surface area contributed by atoms with Gasteiger partial charge < -0.3 is 14.6 Å². The number of aromatic nitrogens is 2. The minimum Gasteiger partial charge on any atom is -0.381 e. The summed E-state index contributed by atoms with van der Waals surface area (Å²) in [7, 11) is 2.12. The Labute approximate surface area is 126 Å². The standard InChI is InChI=1S/C17H25N3O/c1-3-9-18-15(13-8-10-21-12-13)11-17-19-14-6-4-5-7-16(14)20(17)2/h4-7,13,15,18H,3,8-12H2,1-2H3. The molecule has 0 radical (unpaired) electrons. The Balaban J connectivity index is 1.81. The Hall–Kier alpha value is -1.39. The highest BCUT2D eigenvalue weighted by Gasteiger charge is 2.26. The SMILES string of the molecule is CCCNC(Cc1nc2ccccc2n1C)C1CCOC1. The summed E-state index contributed by atoms with van der Waals surface area (Å²) < 4.78 is 7.81. The molecule has 2 heterocycles. The van der Waals surface area contributed by atoms with Crippen molar-refractivity contribution >= 4 is 11.0 Å². The zero-order chi connectivity index (χ0) is 14.7. The molecule has 1 fully saturated rings. The lowest BCUT2D eigenvalue weighted by atomic mass is 9.95. The smallest absolute Gasteiger partial charge is 0.111 e. The number of para-hydroxylation sites is 2. The van der Waals surface area contributed by atoms with Crippen molar-refractivity contribution < 1.29 is 4.74 Å². The second kappa shape index (κ2) is 6.58. The van der Waals surface area contributed by atoms with Crippen molar-refractivity contribution in [2.45, 2.75) is 32.2 Å². The van der Waals surface area contributed by atoms with Crippen LogP contribution in [0, 0.1) is 5.92 Å². The van der Waals surface area contributed by atoms with Crippen molar-refractivity contribution in [2.24, 2.45) is 13.0 Å². The summed E-state index contributed by atoms with van der Waals surface area (Å²) in [6, 6.07) is 8.82. The third kappa shape index (κ3) is 3.11. The Morgan fingerprint density at radius 3 is 3.00 bits per heavy atom. The predicted octanol–water partition coefficient (Wildman–Crippen LogP) is 2.52. The van der Waals surface area contributed by atoms with Gasteiger partial charge in [0.1, 0.15) is 5.82 Å². The van der Waals surface area contributed by atoms with Crippen molar-refractivity contribution in [3.05, 3.63) is 30.1 Å². The van der Waals surface area contributed by atoms with E-state index in [1.165, 1.54) is 5.52 Å². The van der Waals surface area contributed by atoms with Crippen molar-refractivity contribution in [1.29, 1.82) is 0 Å². The van der Waals surface area contributed by atoms with Gasteiger partial charge in [-0.15, -0.1) is 0 Å². The first-order chi connectivity index (χ1) is 10.3. The van der Waals surface area contributed by atoms with E-state index in [4.69, 9.17) is 9.72 Å². The van der Waals surface area contributed by atoms with Crippen LogP contribution in [0.2, 0.25) is 0 Å². The summed E-state index contributed by atoms with van der Waals surface area (Å²) in [4.78, 5) is 4.81. The summed E-state index contributed by atoms with van der Waals surface area (Å²) in [6.07, 6.45) is 3.29. The molecule has 0 saturated carbocycles. The fraction of sp³-hybridized carbons (Fsp3) is 0.588. The minimum atomic E-state index is 0.461. The summed E-state index contributed by atoms with van der Waals surface area (Å²) >= 11 is 0. The molecule has 4 heteroatoms. The second-order valence-electron chi connectivity index (χ2n) is 5.96. The molecule has 1 N–H and O–H groups in total. The van der Waals surface area contributed by atoms with E-state index >= 15 is 0 Å². The van der Waals surface area contributed by atoms with Crippen LogP contribution in [0.1, 0.15) is 25.6 Å². The van der Waals surface area contributed by atoms with Gasteiger partial charge in [-0.3, -0.25) is 0 Å². The van der Waals surface area contributed by atoms with Crippen molar-refractivity contribution in [1.82, 2.24) is 14.9 Å². The van der Waals surface area contributed by atoms with Crippen LogP contribution in [0.5, 0.6) is 0 Å². The fourth-order valence-corrected chi connectivity index (χ4v) is 3.18. The van der Waals surface area contributed by atoms with Gasteiger partial charge in [0, 0.05) is 32.0 Å². The third-order valence-corrected chi connectivity index (χ3v) is 4.47. The highest BCUT2D eigenvalue weighted by molar-refractivity contribution is 5.75. The molecule has 1 saturated heterocycles. The number of imidazole rings is 1. The number of benzene rings is 1. The van der Waals surface area contributed by atoms with Gasteiger partial charge >= 0.3 is 0 Å². The van der Waals surface area contributed by atoms with E-state index in [1.54, 1.807) is 0 Å². The molecule has 4 nitrogen and oxygen atoms in total. The maximum absolute atomic E-state index is 5.58. The molecule has 1 aromatic carbocycles. The van der Waals surface area contributed by atoms with Gasteiger partial charge in [-0.25, -0.2) is 4.98 Å². The molecule has 1 aromatic heterocycles. The molecular weight excluding hydrogens is 262 g/mol. The van der Waals surface area contributed by atoms with E-state index in [0.717, 1.165) is 50.4 Å². The van der Waals surface area contributed by atoms with Crippen LogP contribution in [0.4, 0.5) is 0 Å². The molecular formula is C17H25N3O. The van der Waals surface area contributed by atoms with Gasteiger partial charge in [0.2, 0.25) is 0 Å². The van der Waals surface area contributed by atoms with Crippen molar-refractivity contribution in [2.75, 3.05) is 19.8 Å². The van der Waals surface area contributed by atoms with Gasteiger partial charge in [-0.1, -0.05) is 19.1 Å². The lowest BCUT2D eigenvalue weighted by Gasteiger charge is -2.23. The van der Waals surface area contributed by atoms with Crippen LogP contribution < -0.4 is 5.32 Å². The number of rotatable bonds is 6. The quantitative estimate of drug-likeness (QED) is 0.887. The lowest BCUT2D eigenvalue weighted by molar-refractivity contribution is 0.176. The molecule has 2 aromatic rings. The second-order valence-corrected chi connectivity index (χ2v) is 5.96. The number of aryl methyl sites for hydroxylation is 1.